The van der Waals surface area contributed by atoms with E-state index < -0.39 is 30.3 Å². The lowest BCUT2D eigenvalue weighted by Gasteiger charge is -2.38. The minimum atomic E-state index is -0.767. The zero-order chi connectivity index (χ0) is 34.1. The van der Waals surface area contributed by atoms with Crippen LogP contribution < -0.4 is 5.32 Å². The van der Waals surface area contributed by atoms with Gasteiger partial charge in [-0.15, -0.1) is 0 Å². The van der Waals surface area contributed by atoms with Crippen LogP contribution in [0, 0.1) is 17.3 Å². The van der Waals surface area contributed by atoms with Gasteiger partial charge in [0.15, 0.2) is 24.8 Å². The third kappa shape index (κ3) is 7.14. The number of hydrogen-bond acceptors (Lipinski definition) is 9. The number of hydrogen-bond donors (Lipinski definition) is 1. The molecular weight excluding hydrogens is 612 g/mol. The number of ketones is 2. The number of rotatable bonds is 9. The summed E-state index contributed by atoms with van der Waals surface area (Å²) in [7, 11) is 0. The maximum atomic E-state index is 13.4. The Morgan fingerprint density at radius 1 is 0.833 bits per heavy atom. The van der Waals surface area contributed by atoms with Gasteiger partial charge in [0.2, 0.25) is 0 Å². The summed E-state index contributed by atoms with van der Waals surface area (Å²) in [5, 5.41) is 3.13. The van der Waals surface area contributed by atoms with Gasteiger partial charge in [0.1, 0.15) is 17.7 Å². The molecule has 2 saturated carbocycles. The molecule has 1 spiro atoms. The normalized spacial score (nSPS) is 26.1. The molecule has 0 bridgehead atoms. The molecule has 0 radical (unpaired) electrons. The fraction of sp³-hybridized carbons (Fsp3) is 0.605. The van der Waals surface area contributed by atoms with Crippen molar-refractivity contribution in [2.45, 2.75) is 103 Å². The van der Waals surface area contributed by atoms with Crippen molar-refractivity contribution in [3.05, 3.63) is 53.1 Å². The summed E-state index contributed by atoms with van der Waals surface area (Å²) in [5.74, 6) is -1.16. The fourth-order valence-corrected chi connectivity index (χ4v) is 8.62. The van der Waals surface area contributed by atoms with Crippen LogP contribution in [0.3, 0.4) is 0 Å². The van der Waals surface area contributed by atoms with Crippen molar-refractivity contribution >= 4 is 35.2 Å². The predicted octanol–water partition coefficient (Wildman–Crippen LogP) is 5.59. The molecule has 6 rings (SSSR count). The molecule has 2 unspecified atom stereocenters. The number of carbonyl (C=O) groups is 5. The molecule has 2 aliphatic heterocycles. The molecule has 48 heavy (non-hydrogen) atoms. The number of ether oxygens (including phenoxy) is 3. The summed E-state index contributed by atoms with van der Waals surface area (Å²) in [5.41, 5.74) is 2.82. The second kappa shape index (κ2) is 14.0. The lowest BCUT2D eigenvalue weighted by molar-refractivity contribution is -0.149. The van der Waals surface area contributed by atoms with E-state index in [-0.39, 0.29) is 47.4 Å². The largest absolute Gasteiger partial charge is 0.456 e. The Kier molecular flexibility index (Phi) is 9.93. The fourth-order valence-electron chi connectivity index (χ4n) is 8.62. The first-order valence-electron chi connectivity index (χ1n) is 17.6. The SMILES string of the molecule is CC(C)(C)OC(=O)N1CCC[C@H]1C(=O)OCC(=O)c1ccc(C2=CC=C(C(=O)COC(=O)[C@@H]3CCCN3)C3CCC4(CCCC4)C23)cc1. The number of fused-ring (bicyclic) bond motifs is 2. The summed E-state index contributed by atoms with van der Waals surface area (Å²) in [6.07, 6.45) is 12.8. The third-order valence-electron chi connectivity index (χ3n) is 10.8. The number of benzene rings is 1. The van der Waals surface area contributed by atoms with Crippen LogP contribution in [-0.2, 0) is 28.6 Å². The Labute approximate surface area is 282 Å². The van der Waals surface area contributed by atoms with Gasteiger partial charge in [-0.05, 0) is 107 Å². The van der Waals surface area contributed by atoms with E-state index >= 15 is 0 Å². The average Bonchev–Trinajstić information content (AvgIpc) is 3.90. The number of nitrogens with one attached hydrogen (secondary N) is 1. The molecular formula is C38H48N2O8. The molecule has 4 atom stereocenters. The minimum Gasteiger partial charge on any atom is -0.456 e. The maximum Gasteiger partial charge on any atom is 0.411 e. The Bertz CT molecular complexity index is 1490. The number of esters is 2. The molecule has 2 saturated heterocycles. The Balaban J connectivity index is 1.12. The Hall–Kier alpha value is -3.79. The standard InChI is InChI=1S/C38H48N2O8/c1-37(2,3)48-36(45)40-21-7-9-30(40)35(44)47-22-31(41)25-12-10-24(11-13-25)26-14-15-27(28-16-19-38(33(26)28)17-4-5-18-38)32(42)23-46-34(43)29-8-6-20-39-29/h10-15,28-30,33,39H,4-9,16-23H2,1-3H3/t28?,29-,30-,33?/m0/s1. The van der Waals surface area contributed by atoms with E-state index in [4.69, 9.17) is 14.2 Å². The molecule has 3 aliphatic carbocycles. The molecule has 1 N–H and O–H groups in total. The molecule has 1 aromatic carbocycles. The van der Waals surface area contributed by atoms with Crippen LogP contribution in [0.4, 0.5) is 4.79 Å². The summed E-state index contributed by atoms with van der Waals surface area (Å²) in [6.45, 7) is 5.86. The van der Waals surface area contributed by atoms with Crippen LogP contribution in [0.1, 0.15) is 101 Å². The van der Waals surface area contributed by atoms with Crippen LogP contribution >= 0.6 is 0 Å². The molecule has 258 valence electrons. The smallest absolute Gasteiger partial charge is 0.411 e. The minimum absolute atomic E-state index is 0.0652. The van der Waals surface area contributed by atoms with Gasteiger partial charge in [0, 0.05) is 17.7 Å². The van der Waals surface area contributed by atoms with Gasteiger partial charge >= 0.3 is 18.0 Å². The monoisotopic (exact) mass is 660 g/mol. The van der Waals surface area contributed by atoms with Crippen LogP contribution in [-0.4, -0.2) is 78.5 Å². The molecule has 1 amide bonds. The Morgan fingerprint density at radius 2 is 1.54 bits per heavy atom. The zero-order valence-corrected chi connectivity index (χ0v) is 28.4. The second-order valence-electron chi connectivity index (χ2n) is 15.1. The van der Waals surface area contributed by atoms with E-state index in [0.717, 1.165) is 56.2 Å². The molecule has 4 fully saturated rings. The zero-order valence-electron chi connectivity index (χ0n) is 28.4. The number of likely N-dealkylation sites (tertiary alicyclic amines) is 1. The lowest BCUT2D eigenvalue weighted by atomic mass is 9.65. The first-order chi connectivity index (χ1) is 23.0. The number of amides is 1. The second-order valence-corrected chi connectivity index (χ2v) is 15.1. The van der Waals surface area contributed by atoms with E-state index in [1.54, 1.807) is 32.9 Å². The first kappa shape index (κ1) is 34.1. The molecule has 10 nitrogen and oxygen atoms in total. The van der Waals surface area contributed by atoms with E-state index in [0.29, 0.717) is 24.9 Å². The lowest BCUT2D eigenvalue weighted by Crippen LogP contribution is -2.44. The van der Waals surface area contributed by atoms with Crippen LogP contribution in [0.2, 0.25) is 0 Å². The van der Waals surface area contributed by atoms with Gasteiger partial charge in [0.25, 0.3) is 0 Å². The van der Waals surface area contributed by atoms with E-state index in [2.05, 4.69) is 11.4 Å². The van der Waals surface area contributed by atoms with Gasteiger partial charge in [0.05, 0.1) is 0 Å². The molecule has 10 heteroatoms. The molecule has 5 aliphatic rings. The predicted molar refractivity (Wildman–Crippen MR) is 178 cm³/mol. The Morgan fingerprint density at radius 3 is 2.23 bits per heavy atom. The maximum absolute atomic E-state index is 13.4. The number of carbonyl (C=O) groups excluding carboxylic acids is 5. The van der Waals surface area contributed by atoms with E-state index in [1.807, 2.05) is 18.2 Å². The van der Waals surface area contributed by atoms with Crippen LogP contribution in [0.25, 0.3) is 5.57 Å². The van der Waals surface area contributed by atoms with E-state index in [1.165, 1.54) is 23.3 Å². The van der Waals surface area contributed by atoms with Gasteiger partial charge in [-0.3, -0.25) is 19.3 Å². The molecule has 0 aromatic heterocycles. The quantitative estimate of drug-likeness (QED) is 0.205. The summed E-state index contributed by atoms with van der Waals surface area (Å²) < 4.78 is 16.3. The summed E-state index contributed by atoms with van der Waals surface area (Å²) in [4.78, 5) is 65.8. The van der Waals surface area contributed by atoms with Crippen molar-refractivity contribution in [1.29, 1.82) is 0 Å². The van der Waals surface area contributed by atoms with Crippen molar-refractivity contribution in [1.82, 2.24) is 10.2 Å². The molecule has 1 aromatic rings. The highest BCUT2D eigenvalue weighted by atomic mass is 16.6. The highest BCUT2D eigenvalue weighted by molar-refractivity contribution is 6.00. The van der Waals surface area contributed by atoms with Crippen LogP contribution in [0.5, 0.6) is 0 Å². The van der Waals surface area contributed by atoms with Crippen molar-refractivity contribution in [3.8, 4) is 0 Å². The number of nitrogens with zero attached hydrogens (tertiary/aromatic N) is 1. The van der Waals surface area contributed by atoms with Gasteiger partial charge in [-0.25, -0.2) is 9.59 Å². The van der Waals surface area contributed by atoms with Gasteiger partial charge < -0.3 is 19.5 Å². The first-order valence-corrected chi connectivity index (χ1v) is 17.6. The topological polar surface area (TPSA) is 128 Å². The van der Waals surface area contributed by atoms with Crippen molar-refractivity contribution in [3.63, 3.8) is 0 Å². The average molecular weight is 661 g/mol. The number of allylic oxidation sites excluding steroid dienone is 3. The van der Waals surface area contributed by atoms with Crippen molar-refractivity contribution < 1.29 is 38.2 Å². The van der Waals surface area contributed by atoms with Crippen molar-refractivity contribution in [2.75, 3.05) is 26.3 Å². The van der Waals surface area contributed by atoms with Crippen molar-refractivity contribution in [2.24, 2.45) is 17.3 Å². The van der Waals surface area contributed by atoms with Gasteiger partial charge in [-0.2, -0.15) is 0 Å². The molecule has 2 heterocycles. The number of Topliss-reactive ketones (excluding diaryl/α,β-unsaturated/α-hetero) is 2. The third-order valence-corrected chi connectivity index (χ3v) is 10.8. The highest BCUT2D eigenvalue weighted by Gasteiger charge is 2.53. The van der Waals surface area contributed by atoms with Gasteiger partial charge in [-0.1, -0.05) is 49.3 Å². The van der Waals surface area contributed by atoms with E-state index in [9.17, 15) is 24.0 Å². The summed E-state index contributed by atoms with van der Waals surface area (Å²) in [6, 6.07) is 6.32. The highest BCUT2D eigenvalue weighted by Crippen LogP contribution is 2.63. The van der Waals surface area contributed by atoms with Crippen LogP contribution in [0.15, 0.2) is 42.0 Å². The summed E-state index contributed by atoms with van der Waals surface area (Å²) >= 11 is 0.